The van der Waals surface area contributed by atoms with Crippen LogP contribution in [0.25, 0.3) is 0 Å². The lowest BCUT2D eigenvalue weighted by Gasteiger charge is -2.30. The minimum atomic E-state index is -3.50. The van der Waals surface area contributed by atoms with Gasteiger partial charge in [-0.1, -0.05) is 6.07 Å². The molecule has 1 aromatic rings. The van der Waals surface area contributed by atoms with E-state index in [2.05, 4.69) is 5.32 Å². The van der Waals surface area contributed by atoms with Crippen LogP contribution in [0.2, 0.25) is 0 Å². The zero-order valence-electron chi connectivity index (χ0n) is 16.8. The number of hydrogen-bond acceptors (Lipinski definition) is 4. The highest BCUT2D eigenvalue weighted by Crippen LogP contribution is 2.25. The van der Waals surface area contributed by atoms with E-state index in [1.165, 1.54) is 4.31 Å². The van der Waals surface area contributed by atoms with Crippen LogP contribution in [0.1, 0.15) is 44.2 Å². The fourth-order valence-corrected chi connectivity index (χ4v) is 4.68. The molecule has 1 heterocycles. The second kappa shape index (κ2) is 9.66. The minimum absolute atomic E-state index is 0.0165. The first-order valence-electron chi connectivity index (χ1n) is 9.68. The summed E-state index contributed by atoms with van der Waals surface area (Å²) in [4.78, 5) is 12.6. The highest BCUT2D eigenvalue weighted by atomic mass is 32.2. The highest BCUT2D eigenvalue weighted by Gasteiger charge is 2.32. The number of piperidine rings is 1. The van der Waals surface area contributed by atoms with Crippen LogP contribution in [-0.2, 0) is 19.6 Å². The molecule has 1 amide bonds. The predicted molar refractivity (Wildman–Crippen MR) is 106 cm³/mol. The summed E-state index contributed by atoms with van der Waals surface area (Å²) in [6, 6.07) is 5.23. The lowest BCUT2D eigenvalue weighted by atomic mass is 9.97. The molecule has 1 saturated heterocycles. The molecule has 0 unspecified atom stereocenters. The normalized spacial score (nSPS) is 16.6. The van der Waals surface area contributed by atoms with Gasteiger partial charge in [0.1, 0.15) is 0 Å². The van der Waals surface area contributed by atoms with Crippen LogP contribution in [0.4, 0.5) is 0 Å². The second-order valence-electron chi connectivity index (χ2n) is 7.49. The van der Waals surface area contributed by atoms with E-state index in [1.54, 1.807) is 12.1 Å². The number of aryl methyl sites for hydroxylation is 2. The van der Waals surface area contributed by atoms with Gasteiger partial charge in [-0.25, -0.2) is 8.42 Å². The van der Waals surface area contributed by atoms with Crippen molar-refractivity contribution in [2.24, 2.45) is 5.92 Å². The number of rotatable bonds is 8. The first-order valence-corrected chi connectivity index (χ1v) is 11.1. The molecule has 1 N–H and O–H groups in total. The molecule has 1 aliphatic heterocycles. The van der Waals surface area contributed by atoms with E-state index in [-0.39, 0.29) is 17.9 Å². The fraction of sp³-hybridized carbons (Fsp3) is 0.650. The lowest BCUT2D eigenvalue weighted by Crippen LogP contribution is -2.43. The standard InChI is InChI=1S/C20H32N2O4S/c1-15(2)26-13-5-10-21-20(23)18-8-11-22(12-9-18)27(24,25)19-7-6-16(3)17(4)14-19/h6-7,14-15,18H,5,8-13H2,1-4H3,(H,21,23). The Bertz CT molecular complexity index is 738. The third-order valence-corrected chi connectivity index (χ3v) is 6.91. The van der Waals surface area contributed by atoms with Gasteiger partial charge < -0.3 is 10.1 Å². The van der Waals surface area contributed by atoms with Gasteiger partial charge in [0.25, 0.3) is 0 Å². The molecule has 0 aliphatic carbocycles. The van der Waals surface area contributed by atoms with E-state index in [1.807, 2.05) is 33.8 Å². The Morgan fingerprint density at radius 1 is 1.22 bits per heavy atom. The van der Waals surface area contributed by atoms with Gasteiger partial charge in [-0.05, 0) is 70.2 Å². The second-order valence-corrected chi connectivity index (χ2v) is 9.43. The number of amides is 1. The van der Waals surface area contributed by atoms with Crippen molar-refractivity contribution in [2.75, 3.05) is 26.2 Å². The summed E-state index contributed by atoms with van der Waals surface area (Å²) in [6.07, 6.45) is 2.09. The molecule has 0 atom stereocenters. The molecule has 27 heavy (non-hydrogen) atoms. The van der Waals surface area contributed by atoms with Gasteiger partial charge in [-0.3, -0.25) is 4.79 Å². The number of nitrogens with zero attached hydrogens (tertiary/aromatic N) is 1. The molecule has 2 rings (SSSR count). The van der Waals surface area contributed by atoms with Crippen molar-refractivity contribution in [1.82, 2.24) is 9.62 Å². The third kappa shape index (κ3) is 6.02. The van der Waals surface area contributed by atoms with Crippen LogP contribution in [-0.4, -0.2) is 51.0 Å². The Morgan fingerprint density at radius 2 is 1.89 bits per heavy atom. The summed E-state index contributed by atoms with van der Waals surface area (Å²) in [5, 5.41) is 2.94. The van der Waals surface area contributed by atoms with Crippen molar-refractivity contribution >= 4 is 15.9 Å². The van der Waals surface area contributed by atoms with E-state index in [0.717, 1.165) is 17.5 Å². The van der Waals surface area contributed by atoms with Gasteiger partial charge in [-0.2, -0.15) is 4.31 Å². The van der Waals surface area contributed by atoms with Crippen LogP contribution in [0.5, 0.6) is 0 Å². The summed E-state index contributed by atoms with van der Waals surface area (Å²) < 4.78 is 32.6. The van der Waals surface area contributed by atoms with E-state index in [0.29, 0.717) is 44.0 Å². The smallest absolute Gasteiger partial charge is 0.243 e. The summed E-state index contributed by atoms with van der Waals surface area (Å²) in [5.41, 5.74) is 2.04. The van der Waals surface area contributed by atoms with Crippen LogP contribution in [0.3, 0.4) is 0 Å². The van der Waals surface area contributed by atoms with E-state index >= 15 is 0 Å². The maximum atomic E-state index is 12.8. The van der Waals surface area contributed by atoms with Gasteiger partial charge in [-0.15, -0.1) is 0 Å². The molecular formula is C20H32N2O4S. The highest BCUT2D eigenvalue weighted by molar-refractivity contribution is 7.89. The van der Waals surface area contributed by atoms with E-state index < -0.39 is 10.0 Å². The van der Waals surface area contributed by atoms with Gasteiger partial charge in [0.05, 0.1) is 11.0 Å². The topological polar surface area (TPSA) is 75.7 Å². The molecular weight excluding hydrogens is 364 g/mol. The van der Waals surface area contributed by atoms with E-state index in [4.69, 9.17) is 4.74 Å². The SMILES string of the molecule is Cc1ccc(S(=O)(=O)N2CCC(C(=O)NCCCOC(C)C)CC2)cc1C. The van der Waals surface area contributed by atoms with Crippen LogP contribution in [0.15, 0.2) is 23.1 Å². The summed E-state index contributed by atoms with van der Waals surface area (Å²) in [5.74, 6) is -0.106. The molecule has 0 bridgehead atoms. The first kappa shape index (κ1) is 21.9. The van der Waals surface area contributed by atoms with Crippen LogP contribution in [0, 0.1) is 19.8 Å². The average molecular weight is 397 g/mol. The van der Waals surface area contributed by atoms with Crippen molar-refractivity contribution in [2.45, 2.75) is 58.0 Å². The number of carbonyl (C=O) groups excluding carboxylic acids is 1. The average Bonchev–Trinajstić information content (AvgIpc) is 2.63. The molecule has 1 fully saturated rings. The molecule has 1 aliphatic rings. The molecule has 152 valence electrons. The van der Waals surface area contributed by atoms with Crippen molar-refractivity contribution in [3.63, 3.8) is 0 Å². The molecule has 0 aromatic heterocycles. The zero-order valence-corrected chi connectivity index (χ0v) is 17.6. The van der Waals surface area contributed by atoms with Gasteiger partial charge >= 0.3 is 0 Å². The Morgan fingerprint density at radius 3 is 2.48 bits per heavy atom. The van der Waals surface area contributed by atoms with Gasteiger partial charge in [0.15, 0.2) is 0 Å². The fourth-order valence-electron chi connectivity index (χ4n) is 3.13. The van der Waals surface area contributed by atoms with E-state index in [9.17, 15) is 13.2 Å². The van der Waals surface area contributed by atoms with Gasteiger partial charge in [0, 0.05) is 32.2 Å². The maximum Gasteiger partial charge on any atom is 0.243 e. The largest absolute Gasteiger partial charge is 0.379 e. The Kier molecular flexibility index (Phi) is 7.82. The predicted octanol–water partition coefficient (Wildman–Crippen LogP) is 2.64. The number of nitrogens with one attached hydrogen (secondary N) is 1. The maximum absolute atomic E-state index is 12.8. The Hall–Kier alpha value is -1.44. The molecule has 1 aromatic carbocycles. The van der Waals surface area contributed by atoms with Crippen molar-refractivity contribution in [3.05, 3.63) is 29.3 Å². The van der Waals surface area contributed by atoms with Crippen LogP contribution >= 0.6 is 0 Å². The summed E-state index contributed by atoms with van der Waals surface area (Å²) in [7, 11) is -3.50. The monoisotopic (exact) mass is 396 g/mol. The number of hydrogen-bond donors (Lipinski definition) is 1. The molecule has 6 nitrogen and oxygen atoms in total. The quantitative estimate of drug-likeness (QED) is 0.686. The van der Waals surface area contributed by atoms with Gasteiger partial charge in [0.2, 0.25) is 15.9 Å². The molecule has 7 heteroatoms. The van der Waals surface area contributed by atoms with Crippen molar-refractivity contribution < 1.29 is 17.9 Å². The van der Waals surface area contributed by atoms with Crippen molar-refractivity contribution in [1.29, 1.82) is 0 Å². The number of benzene rings is 1. The Labute approximate surface area is 163 Å². The molecule has 0 saturated carbocycles. The Balaban J connectivity index is 1.83. The summed E-state index contributed by atoms with van der Waals surface area (Å²) in [6.45, 7) is 9.82. The summed E-state index contributed by atoms with van der Waals surface area (Å²) >= 11 is 0. The van der Waals surface area contributed by atoms with Crippen LogP contribution < -0.4 is 5.32 Å². The molecule has 0 spiro atoms. The lowest BCUT2D eigenvalue weighted by molar-refractivity contribution is -0.126. The zero-order chi connectivity index (χ0) is 20.0. The number of carbonyl (C=O) groups is 1. The molecule has 0 radical (unpaired) electrons. The minimum Gasteiger partial charge on any atom is -0.379 e. The van der Waals surface area contributed by atoms with Crippen molar-refractivity contribution in [3.8, 4) is 0 Å². The first-order chi connectivity index (χ1) is 12.7. The third-order valence-electron chi connectivity index (χ3n) is 5.01. The number of ether oxygens (including phenoxy) is 1. The number of sulfonamides is 1.